The summed E-state index contributed by atoms with van der Waals surface area (Å²) < 4.78 is 5.08. The third-order valence-electron chi connectivity index (χ3n) is 2.53. The molecule has 0 aromatic carbocycles. The molecule has 0 aliphatic carbocycles. The van der Waals surface area contributed by atoms with E-state index in [4.69, 9.17) is 4.52 Å². The standard InChI is InChI=1S/C12H23N5OS.HI/c1-6-13-11(15-8-12(3,4)19-5)14-7-10-16-9(2)18-17-10;/h6-8H2,1-5H3,(H2,13,14,15);1H. The number of hydrogen-bond donors (Lipinski definition) is 2. The normalized spacial score (nSPS) is 11.9. The first-order valence-corrected chi connectivity index (χ1v) is 7.56. The van der Waals surface area contributed by atoms with Crippen molar-refractivity contribution in [1.82, 2.24) is 20.8 Å². The lowest BCUT2D eigenvalue weighted by atomic mass is 10.2. The first-order chi connectivity index (χ1) is 8.96. The van der Waals surface area contributed by atoms with Crippen molar-refractivity contribution in [3.8, 4) is 0 Å². The number of hydrogen-bond acceptors (Lipinski definition) is 5. The second kappa shape index (κ2) is 9.43. The summed E-state index contributed by atoms with van der Waals surface area (Å²) in [6.07, 6.45) is 2.10. The van der Waals surface area contributed by atoms with E-state index in [0.717, 1.165) is 19.0 Å². The summed E-state index contributed by atoms with van der Waals surface area (Å²) >= 11 is 1.82. The van der Waals surface area contributed by atoms with Crippen LogP contribution in [0.2, 0.25) is 0 Å². The van der Waals surface area contributed by atoms with Gasteiger partial charge in [0.05, 0.1) is 0 Å². The van der Waals surface area contributed by atoms with E-state index >= 15 is 0 Å². The molecule has 0 bridgehead atoms. The minimum atomic E-state index is 0. The molecule has 8 heteroatoms. The maximum atomic E-state index is 4.91. The van der Waals surface area contributed by atoms with Crippen LogP contribution in [0.3, 0.4) is 0 Å². The highest BCUT2D eigenvalue weighted by atomic mass is 127. The number of aromatic nitrogens is 2. The van der Waals surface area contributed by atoms with Gasteiger partial charge in [0, 0.05) is 24.8 Å². The molecule has 20 heavy (non-hydrogen) atoms. The van der Waals surface area contributed by atoms with E-state index < -0.39 is 0 Å². The Bertz CT molecular complexity index is 422. The van der Waals surface area contributed by atoms with Gasteiger partial charge in [0.2, 0.25) is 5.89 Å². The predicted molar refractivity (Wildman–Crippen MR) is 94.9 cm³/mol. The number of rotatable bonds is 6. The Morgan fingerprint density at radius 3 is 2.60 bits per heavy atom. The van der Waals surface area contributed by atoms with Gasteiger partial charge in [-0.25, -0.2) is 4.99 Å². The SMILES string of the molecule is CCNC(=NCc1noc(C)n1)NCC(C)(C)SC.I. The molecule has 1 aromatic heterocycles. The number of aliphatic imine (C=N–C) groups is 1. The Morgan fingerprint density at radius 2 is 2.10 bits per heavy atom. The van der Waals surface area contributed by atoms with Gasteiger partial charge in [-0.2, -0.15) is 16.7 Å². The van der Waals surface area contributed by atoms with Crippen LogP contribution in [0.15, 0.2) is 9.52 Å². The second-order valence-corrected chi connectivity index (χ2v) is 6.26. The minimum Gasteiger partial charge on any atom is -0.357 e. The van der Waals surface area contributed by atoms with Crippen molar-refractivity contribution in [2.45, 2.75) is 39.0 Å². The molecule has 0 aliphatic heterocycles. The fraction of sp³-hybridized carbons (Fsp3) is 0.750. The molecule has 0 saturated heterocycles. The lowest BCUT2D eigenvalue weighted by Crippen LogP contribution is -2.43. The first kappa shape index (κ1) is 19.5. The van der Waals surface area contributed by atoms with Crippen LogP contribution in [-0.2, 0) is 6.54 Å². The van der Waals surface area contributed by atoms with Gasteiger partial charge < -0.3 is 15.2 Å². The topological polar surface area (TPSA) is 75.3 Å². The van der Waals surface area contributed by atoms with Gasteiger partial charge in [0.25, 0.3) is 0 Å². The van der Waals surface area contributed by atoms with Crippen LogP contribution >= 0.6 is 35.7 Å². The maximum absolute atomic E-state index is 4.91. The van der Waals surface area contributed by atoms with Crippen molar-refractivity contribution in [3.63, 3.8) is 0 Å². The molecular weight excluding hydrogens is 389 g/mol. The molecule has 0 atom stereocenters. The minimum absolute atomic E-state index is 0. The van der Waals surface area contributed by atoms with Gasteiger partial charge in [-0.3, -0.25) is 0 Å². The molecule has 1 rings (SSSR count). The molecule has 116 valence electrons. The zero-order valence-electron chi connectivity index (χ0n) is 12.7. The third-order valence-corrected chi connectivity index (χ3v) is 3.78. The van der Waals surface area contributed by atoms with E-state index in [1.807, 2.05) is 18.7 Å². The first-order valence-electron chi connectivity index (χ1n) is 6.33. The highest BCUT2D eigenvalue weighted by Crippen LogP contribution is 2.19. The van der Waals surface area contributed by atoms with Gasteiger partial charge in [-0.05, 0) is 27.0 Å². The van der Waals surface area contributed by atoms with Crippen LogP contribution in [0.25, 0.3) is 0 Å². The van der Waals surface area contributed by atoms with E-state index in [1.54, 1.807) is 6.92 Å². The molecule has 0 unspecified atom stereocenters. The Kier molecular flexibility index (Phi) is 9.19. The fourth-order valence-corrected chi connectivity index (χ4v) is 1.48. The number of nitrogens with one attached hydrogen (secondary N) is 2. The van der Waals surface area contributed by atoms with Gasteiger partial charge in [-0.1, -0.05) is 5.16 Å². The lowest BCUT2D eigenvalue weighted by Gasteiger charge is -2.23. The zero-order valence-corrected chi connectivity index (χ0v) is 15.8. The molecule has 0 spiro atoms. The van der Waals surface area contributed by atoms with Crippen LogP contribution in [-0.4, -0.2) is 40.2 Å². The Balaban J connectivity index is 0.00000361. The van der Waals surface area contributed by atoms with Crippen molar-refractivity contribution >= 4 is 41.7 Å². The molecule has 0 radical (unpaired) electrons. The summed E-state index contributed by atoms with van der Waals surface area (Å²) in [7, 11) is 0. The molecule has 0 saturated carbocycles. The van der Waals surface area contributed by atoms with Crippen LogP contribution in [0, 0.1) is 6.92 Å². The monoisotopic (exact) mass is 413 g/mol. The second-order valence-electron chi connectivity index (χ2n) is 4.74. The van der Waals surface area contributed by atoms with Gasteiger partial charge in [-0.15, -0.1) is 24.0 Å². The molecule has 1 aromatic rings. The average molecular weight is 413 g/mol. The zero-order chi connectivity index (χ0) is 14.3. The number of halogens is 1. The highest BCUT2D eigenvalue weighted by molar-refractivity contribution is 14.0. The predicted octanol–water partition coefficient (Wildman–Crippen LogP) is 2.19. The van der Waals surface area contributed by atoms with Crippen molar-refractivity contribution in [1.29, 1.82) is 0 Å². The number of aryl methyl sites for hydroxylation is 1. The van der Waals surface area contributed by atoms with Crippen LogP contribution < -0.4 is 10.6 Å². The highest BCUT2D eigenvalue weighted by Gasteiger charge is 2.16. The van der Waals surface area contributed by atoms with Crippen LogP contribution in [0.4, 0.5) is 0 Å². The Morgan fingerprint density at radius 1 is 1.40 bits per heavy atom. The van der Waals surface area contributed by atoms with E-state index in [0.29, 0.717) is 18.3 Å². The molecule has 6 nitrogen and oxygen atoms in total. The molecule has 0 fully saturated rings. The number of guanidine groups is 1. The van der Waals surface area contributed by atoms with Gasteiger partial charge >= 0.3 is 0 Å². The summed E-state index contributed by atoms with van der Waals surface area (Å²) in [6.45, 7) is 10.3. The smallest absolute Gasteiger partial charge is 0.223 e. The fourth-order valence-electron chi connectivity index (χ4n) is 1.27. The van der Waals surface area contributed by atoms with Gasteiger partial charge in [0.1, 0.15) is 6.54 Å². The average Bonchev–Trinajstić information content (AvgIpc) is 2.79. The van der Waals surface area contributed by atoms with Crippen LogP contribution in [0.5, 0.6) is 0 Å². The molecule has 1 heterocycles. The van der Waals surface area contributed by atoms with Gasteiger partial charge in [0.15, 0.2) is 11.8 Å². The quantitative estimate of drug-likeness (QED) is 0.423. The molecule has 0 aliphatic rings. The molecular formula is C12H24IN5OS. The van der Waals surface area contributed by atoms with Crippen molar-refractivity contribution in [3.05, 3.63) is 11.7 Å². The summed E-state index contributed by atoms with van der Waals surface area (Å²) in [6, 6.07) is 0. The van der Waals surface area contributed by atoms with Crippen molar-refractivity contribution in [2.24, 2.45) is 4.99 Å². The largest absolute Gasteiger partial charge is 0.357 e. The number of thioether (sulfide) groups is 1. The third kappa shape index (κ3) is 7.32. The van der Waals surface area contributed by atoms with E-state index in [-0.39, 0.29) is 28.7 Å². The Hall–Kier alpha value is -0.510. The summed E-state index contributed by atoms with van der Waals surface area (Å²) in [5.74, 6) is 1.93. The number of nitrogens with zero attached hydrogens (tertiary/aromatic N) is 3. The van der Waals surface area contributed by atoms with Crippen molar-refractivity contribution in [2.75, 3.05) is 19.3 Å². The van der Waals surface area contributed by atoms with Crippen molar-refractivity contribution < 1.29 is 4.52 Å². The molecule has 0 amide bonds. The summed E-state index contributed by atoms with van der Waals surface area (Å²) in [4.78, 5) is 8.56. The van der Waals surface area contributed by atoms with Crippen LogP contribution in [0.1, 0.15) is 32.5 Å². The lowest BCUT2D eigenvalue weighted by molar-refractivity contribution is 0.387. The van der Waals surface area contributed by atoms with E-state index in [9.17, 15) is 0 Å². The van der Waals surface area contributed by atoms with E-state index in [1.165, 1.54) is 0 Å². The molecule has 2 N–H and O–H groups in total. The maximum Gasteiger partial charge on any atom is 0.223 e. The summed E-state index contributed by atoms with van der Waals surface area (Å²) in [5, 5.41) is 10.3. The van der Waals surface area contributed by atoms with E-state index in [2.05, 4.69) is 45.9 Å². The Labute approximate surface area is 142 Å². The summed E-state index contributed by atoms with van der Waals surface area (Å²) in [5.41, 5.74) is 0.